The van der Waals surface area contributed by atoms with Crippen LogP contribution in [-0.2, 0) is 0 Å². The summed E-state index contributed by atoms with van der Waals surface area (Å²) in [5, 5.41) is 4.32. The molecule has 0 spiro atoms. The van der Waals surface area contributed by atoms with Crippen molar-refractivity contribution >= 4 is 28.9 Å². The maximum atomic E-state index is 5.86. The molecule has 1 atom stereocenters. The molecule has 0 radical (unpaired) electrons. The van der Waals surface area contributed by atoms with Gasteiger partial charge in [-0.3, -0.25) is 0 Å². The molecule has 1 aromatic carbocycles. The lowest BCUT2D eigenvalue weighted by Crippen LogP contribution is -2.27. The molecule has 0 aliphatic rings. The Morgan fingerprint density at radius 1 is 1.36 bits per heavy atom. The lowest BCUT2D eigenvalue weighted by atomic mass is 10.2. The lowest BCUT2D eigenvalue weighted by Gasteiger charge is -2.11. The van der Waals surface area contributed by atoms with Gasteiger partial charge in [-0.05, 0) is 24.6 Å². The van der Waals surface area contributed by atoms with Crippen LogP contribution in [-0.4, -0.2) is 12.6 Å². The van der Waals surface area contributed by atoms with Gasteiger partial charge < -0.3 is 11.1 Å². The van der Waals surface area contributed by atoms with Crippen molar-refractivity contribution in [3.63, 3.8) is 0 Å². The predicted molar refractivity (Wildman–Crippen MR) is 63.2 cm³/mol. The third-order valence-electron chi connectivity index (χ3n) is 2.01. The summed E-state index contributed by atoms with van der Waals surface area (Å²) in [6.07, 6.45) is 0.953. The van der Waals surface area contributed by atoms with E-state index in [0.717, 1.165) is 18.7 Å². The van der Waals surface area contributed by atoms with Gasteiger partial charge in [0.25, 0.3) is 0 Å². The van der Waals surface area contributed by atoms with E-state index in [-0.39, 0.29) is 6.04 Å². The van der Waals surface area contributed by atoms with Crippen LogP contribution in [0.4, 0.5) is 5.69 Å². The molecule has 0 saturated heterocycles. The van der Waals surface area contributed by atoms with Gasteiger partial charge in [0.1, 0.15) is 0 Å². The number of hydrogen-bond donors (Lipinski definition) is 2. The highest BCUT2D eigenvalue weighted by atomic mass is 35.5. The fourth-order valence-corrected chi connectivity index (χ4v) is 1.30. The maximum absolute atomic E-state index is 5.86. The van der Waals surface area contributed by atoms with Crippen LogP contribution < -0.4 is 11.1 Å². The zero-order valence-corrected chi connectivity index (χ0v) is 9.57. The number of nitrogens with one attached hydrogen (secondary N) is 1. The first-order valence-electron chi connectivity index (χ1n) is 4.58. The molecule has 0 saturated carbocycles. The van der Waals surface area contributed by atoms with Crippen molar-refractivity contribution in [2.75, 3.05) is 11.9 Å². The molecule has 78 valence electrons. The Hall–Kier alpha value is -0.440. The van der Waals surface area contributed by atoms with Gasteiger partial charge >= 0.3 is 0 Å². The van der Waals surface area contributed by atoms with Gasteiger partial charge in [0.2, 0.25) is 0 Å². The van der Waals surface area contributed by atoms with Gasteiger partial charge in [-0.25, -0.2) is 0 Å². The summed E-state index contributed by atoms with van der Waals surface area (Å²) in [4.78, 5) is 0. The summed E-state index contributed by atoms with van der Waals surface area (Å²) in [7, 11) is 0. The second kappa shape index (κ2) is 5.44. The molecule has 2 nitrogen and oxygen atoms in total. The summed E-state index contributed by atoms with van der Waals surface area (Å²) >= 11 is 11.6. The Bertz CT molecular complexity index is 302. The van der Waals surface area contributed by atoms with Crippen molar-refractivity contribution in [3.05, 3.63) is 28.2 Å². The second-order valence-corrected chi connectivity index (χ2v) is 3.99. The van der Waals surface area contributed by atoms with Crippen LogP contribution in [0.2, 0.25) is 10.0 Å². The summed E-state index contributed by atoms with van der Waals surface area (Å²) in [6, 6.07) is 5.62. The van der Waals surface area contributed by atoms with Crippen LogP contribution in [0.5, 0.6) is 0 Å². The number of anilines is 1. The monoisotopic (exact) mass is 232 g/mol. The first-order valence-corrected chi connectivity index (χ1v) is 5.33. The minimum absolute atomic E-state index is 0.171. The summed E-state index contributed by atoms with van der Waals surface area (Å²) < 4.78 is 0. The highest BCUT2D eigenvalue weighted by molar-refractivity contribution is 6.42. The third-order valence-corrected chi connectivity index (χ3v) is 2.75. The quantitative estimate of drug-likeness (QED) is 0.838. The smallest absolute Gasteiger partial charge is 0.0612 e. The molecule has 0 fully saturated rings. The zero-order valence-electron chi connectivity index (χ0n) is 8.06. The van der Waals surface area contributed by atoms with Gasteiger partial charge in [0.05, 0.1) is 10.0 Å². The predicted octanol–water partition coefficient (Wildman–Crippen LogP) is 3.14. The van der Waals surface area contributed by atoms with Crippen molar-refractivity contribution in [1.82, 2.24) is 0 Å². The number of benzene rings is 1. The molecule has 0 amide bonds. The molecule has 4 heteroatoms. The van der Waals surface area contributed by atoms with Crippen LogP contribution in [0.1, 0.15) is 13.3 Å². The van der Waals surface area contributed by atoms with E-state index in [4.69, 9.17) is 28.9 Å². The van der Waals surface area contributed by atoms with Crippen molar-refractivity contribution in [3.8, 4) is 0 Å². The minimum Gasteiger partial charge on any atom is -0.383 e. The average Bonchev–Trinajstić information content (AvgIpc) is 2.19. The van der Waals surface area contributed by atoms with E-state index >= 15 is 0 Å². The Morgan fingerprint density at radius 2 is 2.07 bits per heavy atom. The van der Waals surface area contributed by atoms with E-state index in [1.54, 1.807) is 12.1 Å². The van der Waals surface area contributed by atoms with Gasteiger partial charge in [-0.15, -0.1) is 0 Å². The number of halogens is 2. The molecular formula is C10H14Cl2N2. The van der Waals surface area contributed by atoms with E-state index in [2.05, 4.69) is 12.2 Å². The molecule has 0 heterocycles. The average molecular weight is 233 g/mol. The molecule has 1 rings (SSSR count). The van der Waals surface area contributed by atoms with Crippen LogP contribution in [0.25, 0.3) is 0 Å². The molecule has 0 aromatic heterocycles. The fourth-order valence-electron chi connectivity index (χ4n) is 0.999. The van der Waals surface area contributed by atoms with E-state index in [1.807, 2.05) is 6.07 Å². The number of nitrogens with two attached hydrogens (primary N) is 1. The summed E-state index contributed by atoms with van der Waals surface area (Å²) in [6.45, 7) is 2.80. The van der Waals surface area contributed by atoms with Crippen molar-refractivity contribution in [1.29, 1.82) is 0 Å². The van der Waals surface area contributed by atoms with Gasteiger partial charge in [0.15, 0.2) is 0 Å². The van der Waals surface area contributed by atoms with Crippen molar-refractivity contribution in [2.24, 2.45) is 5.73 Å². The summed E-state index contributed by atoms with van der Waals surface area (Å²) in [5.41, 5.74) is 6.71. The van der Waals surface area contributed by atoms with E-state index in [9.17, 15) is 0 Å². The fraction of sp³-hybridized carbons (Fsp3) is 0.400. The van der Waals surface area contributed by atoms with Crippen LogP contribution >= 0.6 is 23.2 Å². The van der Waals surface area contributed by atoms with Crippen molar-refractivity contribution in [2.45, 2.75) is 19.4 Å². The van der Waals surface area contributed by atoms with E-state index in [1.165, 1.54) is 0 Å². The Morgan fingerprint density at radius 3 is 2.64 bits per heavy atom. The highest BCUT2D eigenvalue weighted by Crippen LogP contribution is 2.24. The Labute approximate surface area is 94.4 Å². The van der Waals surface area contributed by atoms with E-state index < -0.39 is 0 Å². The molecule has 1 unspecified atom stereocenters. The van der Waals surface area contributed by atoms with Crippen LogP contribution in [0.15, 0.2) is 18.2 Å². The number of hydrogen-bond acceptors (Lipinski definition) is 2. The standard InChI is InChI=1S/C10H14Cl2N2/c1-2-7(13)6-14-8-3-4-9(11)10(12)5-8/h3-5,7,14H,2,6,13H2,1H3. The molecule has 1 aromatic rings. The largest absolute Gasteiger partial charge is 0.383 e. The van der Waals surface area contributed by atoms with Gasteiger partial charge in [-0.2, -0.15) is 0 Å². The maximum Gasteiger partial charge on any atom is 0.0612 e. The normalized spacial score (nSPS) is 12.6. The topological polar surface area (TPSA) is 38.0 Å². The van der Waals surface area contributed by atoms with Gasteiger partial charge in [0, 0.05) is 18.3 Å². The zero-order chi connectivity index (χ0) is 10.6. The molecule has 14 heavy (non-hydrogen) atoms. The first-order chi connectivity index (χ1) is 6.63. The second-order valence-electron chi connectivity index (χ2n) is 3.18. The first kappa shape index (κ1) is 11.6. The SMILES string of the molecule is CCC(N)CNc1ccc(Cl)c(Cl)c1. The Kier molecular flexibility index (Phi) is 4.52. The lowest BCUT2D eigenvalue weighted by molar-refractivity contribution is 0.679. The molecular weight excluding hydrogens is 219 g/mol. The van der Waals surface area contributed by atoms with Crippen LogP contribution in [0, 0.1) is 0 Å². The van der Waals surface area contributed by atoms with Crippen LogP contribution in [0.3, 0.4) is 0 Å². The summed E-state index contributed by atoms with van der Waals surface area (Å²) in [5.74, 6) is 0. The molecule has 0 bridgehead atoms. The number of rotatable bonds is 4. The molecule has 0 aliphatic carbocycles. The highest BCUT2D eigenvalue weighted by Gasteiger charge is 2.01. The third kappa shape index (κ3) is 3.37. The molecule has 3 N–H and O–H groups in total. The Balaban J connectivity index is 2.55. The minimum atomic E-state index is 0.171. The molecule has 0 aliphatic heterocycles. The van der Waals surface area contributed by atoms with E-state index in [0.29, 0.717) is 10.0 Å². The van der Waals surface area contributed by atoms with Gasteiger partial charge in [-0.1, -0.05) is 30.1 Å². The van der Waals surface area contributed by atoms with Crippen molar-refractivity contribution < 1.29 is 0 Å².